The van der Waals surface area contributed by atoms with Crippen molar-refractivity contribution in [3.05, 3.63) is 212 Å². The zero-order chi connectivity index (χ0) is 54.4. The first-order valence-electron chi connectivity index (χ1n) is 26.7. The Morgan fingerprint density at radius 3 is 1.01 bits per heavy atom. The van der Waals surface area contributed by atoms with E-state index < -0.39 is 12.2 Å². The van der Waals surface area contributed by atoms with Crippen LogP contribution in [0.2, 0.25) is 0 Å². The van der Waals surface area contributed by atoms with Crippen LogP contribution in [0.25, 0.3) is 87.2 Å². The summed E-state index contributed by atoms with van der Waals surface area (Å²) >= 11 is 14.9. The van der Waals surface area contributed by atoms with Gasteiger partial charge in [0.25, 0.3) is 0 Å². The Hall–Kier alpha value is -6.46. The van der Waals surface area contributed by atoms with Gasteiger partial charge in [-0.3, -0.25) is 0 Å². The summed E-state index contributed by atoms with van der Waals surface area (Å²) in [7, 11) is 0. The number of ether oxygens (including phenoxy) is 4. The molecule has 10 nitrogen and oxygen atoms in total. The van der Waals surface area contributed by atoms with Gasteiger partial charge >= 0.3 is 0 Å². The van der Waals surface area contributed by atoms with Crippen LogP contribution >= 0.6 is 63.7 Å². The molecule has 0 spiro atoms. The first kappa shape index (κ1) is 52.9. The zero-order valence-electron chi connectivity index (χ0n) is 43.3. The average molecular weight is 1320 g/mol. The SMILES string of the molecule is OC(COc1cccc(OCC(O)COC(Cn2c3ccccc3c3ccccc32)Cn2c3ccc(Br)cc3c3ccc(Br)cc32)c1)COC(Cn1c2ccccc2c2ccccc21)Cn1c2ccc(Br)cc2c2cc(Br)ccc21. The molecule has 0 radical (unpaired) electrons. The van der Waals surface area contributed by atoms with Gasteiger partial charge in [0, 0.05) is 106 Å². The number of fused-ring (bicyclic) bond motifs is 12. The van der Waals surface area contributed by atoms with Crippen molar-refractivity contribution in [2.75, 3.05) is 26.4 Å². The summed E-state index contributed by atoms with van der Waals surface area (Å²) < 4.78 is 39.3. The molecule has 0 saturated heterocycles. The van der Waals surface area contributed by atoms with Crippen molar-refractivity contribution >= 4 is 151 Å². The van der Waals surface area contributed by atoms with Gasteiger partial charge in [-0.25, -0.2) is 0 Å². The predicted molar refractivity (Wildman–Crippen MR) is 338 cm³/mol. The Morgan fingerprint density at radius 2 is 0.613 bits per heavy atom. The van der Waals surface area contributed by atoms with Crippen molar-refractivity contribution in [2.45, 2.75) is 50.6 Å². The van der Waals surface area contributed by atoms with Gasteiger partial charge in [-0.15, -0.1) is 0 Å². The fourth-order valence-electron chi connectivity index (χ4n) is 11.7. The number of aliphatic hydroxyl groups excluding tert-OH is 2. The maximum Gasteiger partial charge on any atom is 0.123 e. The lowest BCUT2D eigenvalue weighted by Crippen LogP contribution is -2.32. The highest BCUT2D eigenvalue weighted by Gasteiger charge is 2.24. The number of halogens is 4. The second-order valence-electron chi connectivity index (χ2n) is 20.5. The molecule has 0 aliphatic heterocycles. The highest BCUT2D eigenvalue weighted by Crippen LogP contribution is 2.37. The van der Waals surface area contributed by atoms with Crippen LogP contribution in [-0.4, -0.2) is 79.3 Å². The quantitative estimate of drug-likeness (QED) is 0.0789. The fraction of sp³-hybridized carbons (Fsp3) is 0.182. The molecule has 4 aromatic heterocycles. The number of hydrogen-bond acceptors (Lipinski definition) is 6. The number of rotatable bonds is 20. The lowest BCUT2D eigenvalue weighted by atomic mass is 10.2. The van der Waals surface area contributed by atoms with Gasteiger partial charge in [0.1, 0.15) is 36.9 Å². The van der Waals surface area contributed by atoms with Crippen LogP contribution < -0.4 is 9.47 Å². The Bertz CT molecular complexity index is 4270. The van der Waals surface area contributed by atoms with Gasteiger partial charge in [-0.2, -0.15) is 0 Å². The number of nitrogens with zero attached hydrogens (tertiary/aromatic N) is 4. The molecule has 402 valence electrons. The molecule has 0 aliphatic carbocycles. The minimum absolute atomic E-state index is 0.00694. The van der Waals surface area contributed by atoms with Crippen molar-refractivity contribution < 1.29 is 29.2 Å². The van der Waals surface area contributed by atoms with Crippen LogP contribution in [0.5, 0.6) is 11.5 Å². The van der Waals surface area contributed by atoms with E-state index in [4.69, 9.17) is 18.9 Å². The largest absolute Gasteiger partial charge is 0.491 e. The number of benzene rings is 9. The summed E-state index contributed by atoms with van der Waals surface area (Å²) in [5, 5.41) is 32.4. The fourth-order valence-corrected chi connectivity index (χ4v) is 13.1. The van der Waals surface area contributed by atoms with Crippen molar-refractivity contribution in [2.24, 2.45) is 0 Å². The molecular weight excluding hydrogens is 1260 g/mol. The summed E-state index contributed by atoms with van der Waals surface area (Å²) in [6.07, 6.45) is -2.57. The minimum atomic E-state index is -0.941. The zero-order valence-corrected chi connectivity index (χ0v) is 49.6. The van der Waals surface area contributed by atoms with Gasteiger partial charge in [0.05, 0.1) is 57.1 Å². The highest BCUT2D eigenvalue weighted by atomic mass is 79.9. The van der Waals surface area contributed by atoms with E-state index in [1.165, 1.54) is 21.5 Å². The number of aromatic nitrogens is 4. The molecule has 0 fully saturated rings. The molecule has 80 heavy (non-hydrogen) atoms. The molecule has 4 heterocycles. The smallest absolute Gasteiger partial charge is 0.123 e. The van der Waals surface area contributed by atoms with E-state index in [2.05, 4.69) is 252 Å². The molecule has 0 aliphatic rings. The van der Waals surface area contributed by atoms with E-state index in [-0.39, 0.29) is 38.6 Å². The topological polar surface area (TPSA) is 97.1 Å². The second-order valence-corrected chi connectivity index (χ2v) is 24.1. The second kappa shape index (κ2) is 22.8. The van der Waals surface area contributed by atoms with Crippen LogP contribution in [-0.2, 0) is 35.7 Å². The van der Waals surface area contributed by atoms with E-state index >= 15 is 0 Å². The van der Waals surface area contributed by atoms with Crippen LogP contribution in [0.15, 0.2) is 212 Å². The maximum absolute atomic E-state index is 11.5. The Balaban J connectivity index is 0.695. The van der Waals surface area contributed by atoms with Crippen molar-refractivity contribution in [1.82, 2.24) is 18.3 Å². The molecule has 13 rings (SSSR count). The molecule has 0 amide bonds. The predicted octanol–water partition coefficient (Wildman–Crippen LogP) is 16.2. The van der Waals surface area contributed by atoms with Gasteiger partial charge < -0.3 is 47.4 Å². The molecule has 13 aromatic rings. The van der Waals surface area contributed by atoms with E-state index in [1.807, 2.05) is 18.2 Å². The van der Waals surface area contributed by atoms with Gasteiger partial charge in [-0.05, 0) is 103 Å². The molecule has 0 bridgehead atoms. The molecule has 9 aromatic carbocycles. The first-order chi connectivity index (χ1) is 39.1. The van der Waals surface area contributed by atoms with E-state index in [1.54, 1.807) is 6.07 Å². The lowest BCUT2D eigenvalue weighted by Gasteiger charge is -2.24. The summed E-state index contributed by atoms with van der Waals surface area (Å²) in [6, 6.07) is 66.8. The minimum Gasteiger partial charge on any atom is -0.491 e. The Labute approximate surface area is 495 Å². The Morgan fingerprint density at radius 1 is 0.300 bits per heavy atom. The summed E-state index contributed by atoms with van der Waals surface area (Å²) in [4.78, 5) is 0. The number of hydrogen-bond donors (Lipinski definition) is 2. The standard InChI is InChI=1S/C66H54Br4N4O6/c67-41-21-25-63-56(28-41)55-24-20-44(70)31-66(55)74(63)36-50(34-72-61-18-7-3-14-53(61)54-15-4-8-19-62(54)72)80-40-46(76)38-78-48-11-9-10-47(32-48)77-37-45(75)39-79-49(33-71-59-16-5-1-12-51(59)52-13-2-6-17-60(52)71)35-73-64-26-22-42(68)29-57(64)58-30-43(69)23-27-65(58)73/h1-32,45-46,49-50,75-76H,33-40H2. The van der Waals surface area contributed by atoms with Gasteiger partial charge in [-0.1, -0.05) is 149 Å². The molecule has 0 saturated carbocycles. The lowest BCUT2D eigenvalue weighted by molar-refractivity contribution is -0.0351. The molecule has 4 atom stereocenters. The Kier molecular flexibility index (Phi) is 15.1. The van der Waals surface area contributed by atoms with Crippen molar-refractivity contribution in [1.29, 1.82) is 0 Å². The highest BCUT2D eigenvalue weighted by molar-refractivity contribution is 9.11. The molecule has 4 unspecified atom stereocenters. The molecule has 2 N–H and O–H groups in total. The third kappa shape index (κ3) is 10.6. The van der Waals surface area contributed by atoms with Gasteiger partial charge in [0.15, 0.2) is 0 Å². The van der Waals surface area contributed by atoms with E-state index in [0.29, 0.717) is 37.7 Å². The average Bonchev–Trinajstić information content (AvgIpc) is 4.39. The first-order valence-corrected chi connectivity index (χ1v) is 29.9. The molecule has 14 heteroatoms. The maximum atomic E-state index is 11.5. The number of para-hydroxylation sites is 4. The van der Waals surface area contributed by atoms with Crippen molar-refractivity contribution in [3.63, 3.8) is 0 Å². The molecular formula is C66H54Br4N4O6. The summed E-state index contributed by atoms with van der Waals surface area (Å²) in [5.74, 6) is 1.04. The van der Waals surface area contributed by atoms with Crippen LogP contribution in [0, 0.1) is 0 Å². The van der Waals surface area contributed by atoms with Crippen LogP contribution in [0.1, 0.15) is 0 Å². The third-order valence-electron chi connectivity index (χ3n) is 15.2. The van der Waals surface area contributed by atoms with Crippen LogP contribution in [0.4, 0.5) is 0 Å². The third-order valence-corrected chi connectivity index (χ3v) is 17.2. The van der Waals surface area contributed by atoms with Crippen LogP contribution in [0.3, 0.4) is 0 Å². The summed E-state index contributed by atoms with van der Waals surface area (Å²) in [5.41, 5.74) is 8.89. The summed E-state index contributed by atoms with van der Waals surface area (Å²) in [6.45, 7) is 2.23. The van der Waals surface area contributed by atoms with E-state index in [0.717, 1.165) is 83.6 Å². The monoisotopic (exact) mass is 1310 g/mol. The van der Waals surface area contributed by atoms with Crippen molar-refractivity contribution in [3.8, 4) is 11.5 Å². The van der Waals surface area contributed by atoms with Gasteiger partial charge in [0.2, 0.25) is 0 Å². The van der Waals surface area contributed by atoms with E-state index in [9.17, 15) is 10.2 Å². The normalized spacial score (nSPS) is 13.7. The number of aliphatic hydroxyl groups is 2.